The number of halogens is 1. The van der Waals surface area contributed by atoms with Crippen LogP contribution in [-0.4, -0.2) is 18.3 Å². The minimum atomic E-state index is 0.261. The molecular weight excluding hydrogens is 336 g/mol. The van der Waals surface area contributed by atoms with Gasteiger partial charge in [-0.05, 0) is 17.5 Å². The normalized spacial score (nSPS) is 10.8. The van der Waals surface area contributed by atoms with Crippen LogP contribution >= 0.6 is 27.3 Å². The molecule has 0 amide bonds. The van der Waals surface area contributed by atoms with E-state index in [-0.39, 0.29) is 5.92 Å². The van der Waals surface area contributed by atoms with Crippen molar-refractivity contribution < 1.29 is 4.79 Å². The van der Waals surface area contributed by atoms with Gasteiger partial charge < -0.3 is 4.90 Å². The molecule has 0 aliphatic carbocycles. The predicted octanol–water partition coefficient (Wildman–Crippen LogP) is 4.48. The van der Waals surface area contributed by atoms with Gasteiger partial charge in [0.15, 0.2) is 11.4 Å². The molecule has 1 aromatic carbocycles. The minimum Gasteiger partial charge on any atom is -0.347 e. The Morgan fingerprint density at radius 1 is 1.40 bits per heavy atom. The Morgan fingerprint density at radius 2 is 2.10 bits per heavy atom. The Bertz CT molecular complexity index is 610. The Hall–Kier alpha value is -1.20. The van der Waals surface area contributed by atoms with Crippen LogP contribution in [0.3, 0.4) is 0 Å². The zero-order valence-electron chi connectivity index (χ0n) is 11.8. The molecule has 0 aliphatic heterocycles. The fraction of sp³-hybridized carbons (Fsp3) is 0.333. The van der Waals surface area contributed by atoms with Crippen molar-refractivity contribution in [2.45, 2.75) is 26.3 Å². The first-order valence-corrected chi connectivity index (χ1v) is 8.04. The van der Waals surface area contributed by atoms with E-state index in [1.54, 1.807) is 0 Å². The Kier molecular flexibility index (Phi) is 4.94. The molecule has 0 saturated heterocycles. The standard InChI is InChI=1S/C15H17BrN2OS/c1-10(2)14-13(9-19)20-15(17-14)18(3)8-11-6-4-5-7-12(11)16/h4-7,9-10H,8H2,1-3H3. The van der Waals surface area contributed by atoms with Crippen molar-refractivity contribution in [1.29, 1.82) is 0 Å². The van der Waals surface area contributed by atoms with E-state index < -0.39 is 0 Å². The van der Waals surface area contributed by atoms with Gasteiger partial charge in [-0.2, -0.15) is 0 Å². The van der Waals surface area contributed by atoms with Crippen LogP contribution in [0, 0.1) is 0 Å². The molecule has 0 saturated carbocycles. The summed E-state index contributed by atoms with van der Waals surface area (Å²) in [5.41, 5.74) is 2.09. The third-order valence-corrected chi connectivity index (χ3v) is 4.90. The summed E-state index contributed by atoms with van der Waals surface area (Å²) in [6.45, 7) is 4.87. The van der Waals surface area contributed by atoms with Crippen LogP contribution in [0.2, 0.25) is 0 Å². The van der Waals surface area contributed by atoms with Crippen molar-refractivity contribution in [3.8, 4) is 0 Å². The monoisotopic (exact) mass is 352 g/mol. The largest absolute Gasteiger partial charge is 0.347 e. The van der Waals surface area contributed by atoms with Gasteiger partial charge in [0.1, 0.15) is 0 Å². The van der Waals surface area contributed by atoms with E-state index in [0.717, 1.165) is 33.0 Å². The van der Waals surface area contributed by atoms with E-state index in [1.165, 1.54) is 16.9 Å². The lowest BCUT2D eigenvalue weighted by Gasteiger charge is -2.16. The molecule has 0 spiro atoms. The fourth-order valence-corrected chi connectivity index (χ4v) is 3.35. The average molecular weight is 353 g/mol. The Balaban J connectivity index is 2.23. The van der Waals surface area contributed by atoms with Crippen molar-refractivity contribution in [1.82, 2.24) is 4.98 Å². The van der Waals surface area contributed by atoms with Crippen molar-refractivity contribution in [2.24, 2.45) is 0 Å². The second-order valence-electron chi connectivity index (χ2n) is 4.97. The molecule has 0 radical (unpaired) electrons. The zero-order valence-corrected chi connectivity index (χ0v) is 14.2. The summed E-state index contributed by atoms with van der Waals surface area (Å²) in [6.07, 6.45) is 0.906. The van der Waals surface area contributed by atoms with Crippen molar-refractivity contribution in [2.75, 3.05) is 11.9 Å². The van der Waals surface area contributed by atoms with E-state index in [9.17, 15) is 4.79 Å². The van der Waals surface area contributed by atoms with Gasteiger partial charge in [0.25, 0.3) is 0 Å². The molecule has 1 heterocycles. The smallest absolute Gasteiger partial charge is 0.186 e. The molecular formula is C15H17BrN2OS. The Morgan fingerprint density at radius 3 is 2.65 bits per heavy atom. The van der Waals surface area contributed by atoms with Crippen LogP contribution in [0.5, 0.6) is 0 Å². The SMILES string of the molecule is CC(C)c1nc(N(C)Cc2ccccc2Br)sc1C=O. The van der Waals surface area contributed by atoms with Gasteiger partial charge in [0.05, 0.1) is 10.6 Å². The highest BCUT2D eigenvalue weighted by molar-refractivity contribution is 9.10. The number of aromatic nitrogens is 1. The van der Waals surface area contributed by atoms with Crippen molar-refractivity contribution in [3.63, 3.8) is 0 Å². The molecule has 0 aliphatic rings. The van der Waals surface area contributed by atoms with Gasteiger partial charge in [-0.15, -0.1) is 0 Å². The molecule has 0 fully saturated rings. The van der Waals surface area contributed by atoms with E-state index >= 15 is 0 Å². The predicted molar refractivity (Wildman–Crippen MR) is 87.8 cm³/mol. The number of rotatable bonds is 5. The maximum atomic E-state index is 11.1. The lowest BCUT2D eigenvalue weighted by molar-refractivity contribution is 0.112. The quantitative estimate of drug-likeness (QED) is 0.743. The summed E-state index contributed by atoms with van der Waals surface area (Å²) in [7, 11) is 2.00. The first kappa shape index (κ1) is 15.2. The highest BCUT2D eigenvalue weighted by Gasteiger charge is 2.16. The number of anilines is 1. The second-order valence-corrected chi connectivity index (χ2v) is 6.83. The van der Waals surface area contributed by atoms with Crippen molar-refractivity contribution >= 4 is 38.7 Å². The summed E-state index contributed by atoms with van der Waals surface area (Å²) in [4.78, 5) is 18.5. The maximum absolute atomic E-state index is 11.1. The van der Waals surface area contributed by atoms with Crippen LogP contribution in [0.1, 0.15) is 40.7 Å². The second kappa shape index (κ2) is 6.50. The van der Waals surface area contributed by atoms with Gasteiger partial charge in [0.2, 0.25) is 0 Å². The molecule has 0 unspecified atom stereocenters. The van der Waals surface area contributed by atoms with Gasteiger partial charge in [-0.3, -0.25) is 4.79 Å². The van der Waals surface area contributed by atoms with Crippen LogP contribution < -0.4 is 4.90 Å². The third kappa shape index (κ3) is 3.27. The molecule has 2 aromatic rings. The van der Waals surface area contributed by atoms with Crippen molar-refractivity contribution in [3.05, 3.63) is 44.9 Å². The van der Waals surface area contributed by atoms with Gasteiger partial charge in [-0.25, -0.2) is 4.98 Å². The average Bonchev–Trinajstić information content (AvgIpc) is 2.86. The first-order valence-electron chi connectivity index (χ1n) is 6.43. The molecule has 0 N–H and O–H groups in total. The number of hydrogen-bond donors (Lipinski definition) is 0. The number of nitrogens with zero attached hydrogens (tertiary/aromatic N) is 2. The van der Waals surface area contributed by atoms with Gasteiger partial charge in [0, 0.05) is 18.1 Å². The summed E-state index contributed by atoms with van der Waals surface area (Å²) >= 11 is 5.01. The van der Waals surface area contributed by atoms with E-state index in [4.69, 9.17) is 0 Å². The summed E-state index contributed by atoms with van der Waals surface area (Å²) in [5.74, 6) is 0.261. The lowest BCUT2D eigenvalue weighted by atomic mass is 10.1. The molecule has 106 valence electrons. The third-order valence-electron chi connectivity index (χ3n) is 3.02. The van der Waals surface area contributed by atoms with E-state index in [2.05, 4.69) is 45.7 Å². The number of hydrogen-bond acceptors (Lipinski definition) is 4. The summed E-state index contributed by atoms with van der Waals surface area (Å²) < 4.78 is 1.09. The van der Waals surface area contributed by atoms with Crippen LogP contribution in [-0.2, 0) is 6.54 Å². The first-order chi connectivity index (χ1) is 9.52. The highest BCUT2D eigenvalue weighted by atomic mass is 79.9. The van der Waals surface area contributed by atoms with E-state index in [1.807, 2.05) is 25.2 Å². The van der Waals surface area contributed by atoms with Crippen LogP contribution in [0.15, 0.2) is 28.7 Å². The lowest BCUT2D eigenvalue weighted by Crippen LogP contribution is -2.16. The molecule has 5 heteroatoms. The number of benzene rings is 1. The highest BCUT2D eigenvalue weighted by Crippen LogP contribution is 2.30. The molecule has 20 heavy (non-hydrogen) atoms. The molecule has 0 atom stereocenters. The molecule has 1 aromatic heterocycles. The Labute approximate surface area is 131 Å². The van der Waals surface area contributed by atoms with Gasteiger partial charge in [-0.1, -0.05) is 59.3 Å². The number of carbonyl (C=O) groups excluding carboxylic acids is 1. The molecule has 2 rings (SSSR count). The number of carbonyl (C=O) groups is 1. The topological polar surface area (TPSA) is 33.2 Å². The number of aldehydes is 1. The zero-order chi connectivity index (χ0) is 14.7. The van der Waals surface area contributed by atoms with Crippen LogP contribution in [0.4, 0.5) is 5.13 Å². The summed E-state index contributed by atoms with van der Waals surface area (Å²) in [5, 5.41) is 0.881. The summed E-state index contributed by atoms with van der Waals surface area (Å²) in [6, 6.07) is 8.13. The fourth-order valence-electron chi connectivity index (χ4n) is 1.94. The van der Waals surface area contributed by atoms with E-state index in [0.29, 0.717) is 0 Å². The number of thiazole rings is 1. The molecule has 0 bridgehead atoms. The van der Waals surface area contributed by atoms with Crippen LogP contribution in [0.25, 0.3) is 0 Å². The minimum absolute atomic E-state index is 0.261. The molecule has 3 nitrogen and oxygen atoms in total. The maximum Gasteiger partial charge on any atom is 0.186 e. The van der Waals surface area contributed by atoms with Gasteiger partial charge >= 0.3 is 0 Å².